The summed E-state index contributed by atoms with van der Waals surface area (Å²) < 4.78 is 5.39. The maximum Gasteiger partial charge on any atom is 0.259 e. The Kier molecular flexibility index (Phi) is 4.93. The molecule has 3 aromatic rings. The fraction of sp³-hybridized carbons (Fsp3) is 0.350. The molecule has 1 aromatic carbocycles. The third kappa shape index (κ3) is 3.60. The van der Waals surface area contributed by atoms with Gasteiger partial charge in [-0.1, -0.05) is 35.5 Å². The second kappa shape index (κ2) is 7.66. The van der Waals surface area contributed by atoms with Crippen LogP contribution < -0.4 is 4.90 Å². The number of hydrogen-bond donors (Lipinski definition) is 1. The molecule has 1 saturated heterocycles. The van der Waals surface area contributed by atoms with Gasteiger partial charge in [-0.05, 0) is 37.0 Å². The maximum absolute atomic E-state index is 9.46. The van der Waals surface area contributed by atoms with Crippen LogP contribution >= 0.6 is 0 Å². The van der Waals surface area contributed by atoms with Crippen molar-refractivity contribution in [3.63, 3.8) is 0 Å². The molecule has 4 rings (SSSR count). The number of aryl methyl sites for hydroxylation is 2. The first-order valence-corrected chi connectivity index (χ1v) is 9.04. The Hall–Kier alpha value is -2.73. The molecule has 134 valence electrons. The van der Waals surface area contributed by atoms with Gasteiger partial charge in [0.25, 0.3) is 5.89 Å². The summed E-state index contributed by atoms with van der Waals surface area (Å²) in [4.78, 5) is 11.2. The third-order valence-corrected chi connectivity index (χ3v) is 4.83. The molecule has 3 heterocycles. The van der Waals surface area contributed by atoms with E-state index in [1.54, 1.807) is 6.20 Å². The quantitative estimate of drug-likeness (QED) is 0.737. The van der Waals surface area contributed by atoms with Crippen LogP contribution in [0.5, 0.6) is 0 Å². The molecule has 1 atom stereocenters. The number of rotatable bonds is 6. The van der Waals surface area contributed by atoms with Crippen molar-refractivity contribution in [3.05, 3.63) is 60.0 Å². The van der Waals surface area contributed by atoms with Crippen LogP contribution in [0.15, 0.2) is 53.2 Å². The molecule has 0 saturated carbocycles. The van der Waals surface area contributed by atoms with Crippen molar-refractivity contribution in [2.45, 2.75) is 31.7 Å². The number of aliphatic hydroxyl groups excluding tert-OH is 1. The van der Waals surface area contributed by atoms with Gasteiger partial charge in [-0.2, -0.15) is 4.98 Å². The lowest BCUT2D eigenvalue weighted by Crippen LogP contribution is -2.32. The Balaban J connectivity index is 1.42. The molecule has 0 unspecified atom stereocenters. The van der Waals surface area contributed by atoms with E-state index in [9.17, 15) is 5.11 Å². The Labute approximate surface area is 152 Å². The smallest absolute Gasteiger partial charge is 0.259 e. The number of pyridine rings is 1. The SMILES string of the molecule is OC[C@@H]1CCCN1c1ccc(-c2nc(CCc3ccccc3)no2)cn1. The summed E-state index contributed by atoms with van der Waals surface area (Å²) in [7, 11) is 0. The first-order valence-electron chi connectivity index (χ1n) is 9.04. The molecule has 0 amide bonds. The van der Waals surface area contributed by atoms with E-state index in [0.717, 1.165) is 43.6 Å². The van der Waals surface area contributed by atoms with Crippen LogP contribution in [0.25, 0.3) is 11.5 Å². The molecule has 1 fully saturated rings. The van der Waals surface area contributed by atoms with E-state index in [-0.39, 0.29) is 12.6 Å². The standard InChI is InChI=1S/C20H22N4O2/c25-14-17-7-4-12-24(17)19-11-9-16(13-21-19)20-22-18(23-26-20)10-8-15-5-2-1-3-6-15/h1-3,5-6,9,11,13,17,25H,4,7-8,10,12,14H2/t17-/m0/s1. The van der Waals surface area contributed by atoms with Gasteiger partial charge in [-0.3, -0.25) is 0 Å². The molecule has 0 spiro atoms. The van der Waals surface area contributed by atoms with Crippen molar-refractivity contribution in [3.8, 4) is 11.5 Å². The van der Waals surface area contributed by atoms with Crippen LogP contribution in [0.1, 0.15) is 24.2 Å². The average Bonchev–Trinajstić information content (AvgIpc) is 3.37. The zero-order valence-electron chi connectivity index (χ0n) is 14.6. The summed E-state index contributed by atoms with van der Waals surface area (Å²) in [5.74, 6) is 2.08. The van der Waals surface area contributed by atoms with Crippen LogP contribution in [-0.2, 0) is 12.8 Å². The van der Waals surface area contributed by atoms with Gasteiger partial charge in [0.05, 0.1) is 18.2 Å². The Bertz CT molecular complexity index is 833. The highest BCUT2D eigenvalue weighted by molar-refractivity contribution is 5.55. The molecule has 0 bridgehead atoms. The molecule has 1 aliphatic rings. The summed E-state index contributed by atoms with van der Waals surface area (Å²) in [5.41, 5.74) is 2.07. The number of aromatic nitrogens is 3. The van der Waals surface area contributed by atoms with Crippen molar-refractivity contribution < 1.29 is 9.63 Å². The van der Waals surface area contributed by atoms with Crippen LogP contribution in [-0.4, -0.2) is 39.4 Å². The molecule has 1 aliphatic heterocycles. The van der Waals surface area contributed by atoms with Gasteiger partial charge >= 0.3 is 0 Å². The van der Waals surface area contributed by atoms with Crippen LogP contribution in [0.3, 0.4) is 0 Å². The zero-order chi connectivity index (χ0) is 17.8. The lowest BCUT2D eigenvalue weighted by molar-refractivity contribution is 0.266. The average molecular weight is 350 g/mol. The number of benzene rings is 1. The second-order valence-corrected chi connectivity index (χ2v) is 6.58. The minimum atomic E-state index is 0.165. The summed E-state index contributed by atoms with van der Waals surface area (Å²) in [6.07, 6.45) is 5.48. The van der Waals surface area contributed by atoms with E-state index in [1.165, 1.54) is 5.56 Å². The van der Waals surface area contributed by atoms with Gasteiger partial charge in [0.2, 0.25) is 0 Å². The van der Waals surface area contributed by atoms with Crippen LogP contribution in [0.4, 0.5) is 5.82 Å². The molecule has 0 radical (unpaired) electrons. The molecule has 6 heteroatoms. The molecule has 1 N–H and O–H groups in total. The summed E-state index contributed by atoms with van der Waals surface area (Å²) in [6.45, 7) is 1.10. The van der Waals surface area contributed by atoms with E-state index in [4.69, 9.17) is 4.52 Å². The monoisotopic (exact) mass is 350 g/mol. The summed E-state index contributed by atoms with van der Waals surface area (Å²) in [6, 6.07) is 14.3. The van der Waals surface area contributed by atoms with Crippen molar-refractivity contribution in [1.82, 2.24) is 15.1 Å². The van der Waals surface area contributed by atoms with Gasteiger partial charge in [0.1, 0.15) is 5.82 Å². The van der Waals surface area contributed by atoms with Crippen molar-refractivity contribution in [2.75, 3.05) is 18.1 Å². The predicted molar refractivity (Wildman–Crippen MR) is 98.8 cm³/mol. The van der Waals surface area contributed by atoms with Crippen LogP contribution in [0.2, 0.25) is 0 Å². The first-order chi connectivity index (χ1) is 12.8. The zero-order valence-corrected chi connectivity index (χ0v) is 14.6. The molecule has 26 heavy (non-hydrogen) atoms. The molecule has 0 aliphatic carbocycles. The number of nitrogens with zero attached hydrogens (tertiary/aromatic N) is 4. The topological polar surface area (TPSA) is 75.3 Å². The normalized spacial score (nSPS) is 17.0. The van der Waals surface area contributed by atoms with E-state index >= 15 is 0 Å². The number of anilines is 1. The highest BCUT2D eigenvalue weighted by atomic mass is 16.5. The minimum absolute atomic E-state index is 0.165. The minimum Gasteiger partial charge on any atom is -0.394 e. The van der Waals surface area contributed by atoms with Gasteiger partial charge in [-0.15, -0.1) is 0 Å². The van der Waals surface area contributed by atoms with Gasteiger partial charge < -0.3 is 14.5 Å². The largest absolute Gasteiger partial charge is 0.394 e. The van der Waals surface area contributed by atoms with E-state index in [0.29, 0.717) is 11.7 Å². The molecule has 2 aromatic heterocycles. The fourth-order valence-corrected chi connectivity index (χ4v) is 3.38. The predicted octanol–water partition coefficient (Wildman–Crippen LogP) is 2.88. The third-order valence-electron chi connectivity index (χ3n) is 4.83. The highest BCUT2D eigenvalue weighted by Gasteiger charge is 2.24. The molecule has 6 nitrogen and oxygen atoms in total. The van der Waals surface area contributed by atoms with Crippen molar-refractivity contribution in [1.29, 1.82) is 0 Å². The highest BCUT2D eigenvalue weighted by Crippen LogP contribution is 2.25. The number of aliphatic hydroxyl groups is 1. The van der Waals surface area contributed by atoms with Crippen molar-refractivity contribution >= 4 is 5.82 Å². The lowest BCUT2D eigenvalue weighted by atomic mass is 10.1. The van der Waals surface area contributed by atoms with Gasteiger partial charge in [0, 0.05) is 19.2 Å². The summed E-state index contributed by atoms with van der Waals surface area (Å²) >= 11 is 0. The van der Waals surface area contributed by atoms with Crippen molar-refractivity contribution in [2.24, 2.45) is 0 Å². The Morgan fingerprint density at radius 1 is 1.12 bits per heavy atom. The van der Waals surface area contributed by atoms with Crippen LogP contribution in [0, 0.1) is 0 Å². The lowest BCUT2D eigenvalue weighted by Gasteiger charge is -2.23. The van der Waals surface area contributed by atoms with Gasteiger partial charge in [0.15, 0.2) is 5.82 Å². The number of hydrogen-bond acceptors (Lipinski definition) is 6. The maximum atomic E-state index is 9.46. The Morgan fingerprint density at radius 2 is 2.00 bits per heavy atom. The summed E-state index contributed by atoms with van der Waals surface area (Å²) in [5, 5.41) is 13.5. The first kappa shape index (κ1) is 16.7. The Morgan fingerprint density at radius 3 is 2.77 bits per heavy atom. The van der Waals surface area contributed by atoms with E-state index < -0.39 is 0 Å². The second-order valence-electron chi connectivity index (χ2n) is 6.58. The van der Waals surface area contributed by atoms with Gasteiger partial charge in [-0.25, -0.2) is 4.98 Å². The fourth-order valence-electron chi connectivity index (χ4n) is 3.38. The molecular formula is C20H22N4O2. The molecular weight excluding hydrogens is 328 g/mol. The van der Waals surface area contributed by atoms with E-state index in [1.807, 2.05) is 30.3 Å². The van der Waals surface area contributed by atoms with E-state index in [2.05, 4.69) is 32.2 Å².